The van der Waals surface area contributed by atoms with Crippen molar-refractivity contribution >= 4 is 16.9 Å². The second kappa shape index (κ2) is 3.69. The number of rotatable bonds is 1. The summed E-state index contributed by atoms with van der Waals surface area (Å²) in [5, 5.41) is 12.3. The Balaban J connectivity index is 2.86. The second-order valence-corrected chi connectivity index (χ2v) is 3.47. The number of amides is 1. The normalized spacial score (nSPS) is 11.9. The van der Waals surface area contributed by atoms with Crippen LogP contribution in [0.25, 0.3) is 11.0 Å². The van der Waals surface area contributed by atoms with Gasteiger partial charge in [-0.3, -0.25) is 4.79 Å². The molecule has 0 bridgehead atoms. The number of aryl methyl sites for hydroxylation is 1. The highest BCUT2D eigenvalue weighted by Gasteiger charge is 2.09. The topological polar surface area (TPSA) is 88.8 Å². The number of benzene rings is 1. The zero-order valence-electron chi connectivity index (χ0n) is 8.60. The average molecular weight is 218 g/mol. The Morgan fingerprint density at radius 1 is 1.44 bits per heavy atom. The third-order valence-electron chi connectivity index (χ3n) is 2.26. The maximum atomic E-state index is 11.1. The molecule has 0 atom stereocenters. The molecule has 0 spiro atoms. The zero-order valence-corrected chi connectivity index (χ0v) is 8.60. The number of primary amides is 1. The number of hydrogen-bond acceptors (Lipinski definition) is 4. The number of nitrogens with zero attached hydrogens (tertiary/aromatic N) is 1. The van der Waals surface area contributed by atoms with Gasteiger partial charge >= 0.3 is 0 Å². The van der Waals surface area contributed by atoms with E-state index in [4.69, 9.17) is 15.4 Å². The summed E-state index contributed by atoms with van der Waals surface area (Å²) >= 11 is 0. The molecule has 0 aliphatic rings. The van der Waals surface area contributed by atoms with Gasteiger partial charge in [0.2, 0.25) is 0 Å². The molecule has 0 saturated heterocycles. The SMILES string of the molecule is Cc1ccc2oc(=NO)c(C(N)=O)cc2c1. The third kappa shape index (κ3) is 1.63. The van der Waals surface area contributed by atoms with E-state index in [9.17, 15) is 4.79 Å². The van der Waals surface area contributed by atoms with Crippen LogP contribution in [0.15, 0.2) is 33.8 Å². The lowest BCUT2D eigenvalue weighted by Gasteiger charge is -2.01. The van der Waals surface area contributed by atoms with Gasteiger partial charge in [-0.2, -0.15) is 0 Å². The van der Waals surface area contributed by atoms with Crippen LogP contribution in [0, 0.1) is 6.92 Å². The summed E-state index contributed by atoms with van der Waals surface area (Å²) in [7, 11) is 0. The quantitative estimate of drug-likeness (QED) is 0.555. The van der Waals surface area contributed by atoms with Crippen molar-refractivity contribution in [3.8, 4) is 0 Å². The third-order valence-corrected chi connectivity index (χ3v) is 2.26. The van der Waals surface area contributed by atoms with E-state index in [1.807, 2.05) is 19.1 Å². The first-order valence-corrected chi connectivity index (χ1v) is 4.64. The molecule has 2 aromatic rings. The molecule has 0 unspecified atom stereocenters. The molecule has 16 heavy (non-hydrogen) atoms. The van der Waals surface area contributed by atoms with E-state index < -0.39 is 5.91 Å². The largest absolute Gasteiger partial charge is 0.435 e. The van der Waals surface area contributed by atoms with E-state index in [0.29, 0.717) is 5.58 Å². The van der Waals surface area contributed by atoms with Crippen molar-refractivity contribution < 1.29 is 14.4 Å². The van der Waals surface area contributed by atoms with Crippen molar-refractivity contribution in [1.82, 2.24) is 0 Å². The maximum absolute atomic E-state index is 11.1. The lowest BCUT2D eigenvalue weighted by molar-refractivity contribution is 0.0994. The minimum atomic E-state index is -0.694. The van der Waals surface area contributed by atoms with Gasteiger partial charge in [-0.05, 0) is 30.3 Å². The molecule has 1 aromatic heterocycles. The van der Waals surface area contributed by atoms with Gasteiger partial charge in [-0.15, -0.1) is 0 Å². The van der Waals surface area contributed by atoms with Crippen molar-refractivity contribution in [3.63, 3.8) is 0 Å². The second-order valence-electron chi connectivity index (χ2n) is 3.47. The van der Waals surface area contributed by atoms with E-state index in [1.165, 1.54) is 0 Å². The Morgan fingerprint density at radius 3 is 2.81 bits per heavy atom. The van der Waals surface area contributed by atoms with E-state index in [-0.39, 0.29) is 11.1 Å². The monoisotopic (exact) mass is 218 g/mol. The number of fused-ring (bicyclic) bond motifs is 1. The Kier molecular flexibility index (Phi) is 2.36. The van der Waals surface area contributed by atoms with Crippen molar-refractivity contribution in [2.45, 2.75) is 6.92 Å². The Hall–Kier alpha value is -2.30. The fraction of sp³-hybridized carbons (Fsp3) is 0.0909. The summed E-state index contributed by atoms with van der Waals surface area (Å²) in [6, 6.07) is 7.00. The van der Waals surface area contributed by atoms with Gasteiger partial charge < -0.3 is 15.4 Å². The van der Waals surface area contributed by atoms with Crippen molar-refractivity contribution in [2.75, 3.05) is 0 Å². The molecule has 5 heteroatoms. The number of carbonyl (C=O) groups excluding carboxylic acids is 1. The molecular weight excluding hydrogens is 208 g/mol. The Morgan fingerprint density at radius 2 is 2.19 bits per heavy atom. The molecule has 0 saturated carbocycles. The fourth-order valence-electron chi connectivity index (χ4n) is 1.50. The van der Waals surface area contributed by atoms with Crippen molar-refractivity contribution in [2.24, 2.45) is 10.9 Å². The van der Waals surface area contributed by atoms with Crippen LogP contribution in [-0.4, -0.2) is 11.1 Å². The Bertz CT molecular complexity index is 629. The van der Waals surface area contributed by atoms with Crippen LogP contribution in [0.4, 0.5) is 0 Å². The van der Waals surface area contributed by atoms with Crippen LogP contribution in [0.3, 0.4) is 0 Å². The number of nitrogens with two attached hydrogens (primary N) is 1. The van der Waals surface area contributed by atoms with Gasteiger partial charge in [-0.25, -0.2) is 0 Å². The summed E-state index contributed by atoms with van der Waals surface area (Å²) in [5.74, 6) is -0.694. The van der Waals surface area contributed by atoms with E-state index in [1.54, 1.807) is 12.1 Å². The average Bonchev–Trinajstić information content (AvgIpc) is 2.27. The lowest BCUT2D eigenvalue weighted by atomic mass is 10.1. The summed E-state index contributed by atoms with van der Waals surface area (Å²) < 4.78 is 5.24. The molecule has 0 aliphatic heterocycles. The highest BCUT2D eigenvalue weighted by Crippen LogP contribution is 2.15. The molecule has 2 rings (SSSR count). The summed E-state index contributed by atoms with van der Waals surface area (Å²) in [6.07, 6.45) is 0. The van der Waals surface area contributed by atoms with Gasteiger partial charge in [0, 0.05) is 5.39 Å². The predicted octanol–water partition coefficient (Wildman–Crippen LogP) is 1.13. The zero-order chi connectivity index (χ0) is 11.7. The van der Waals surface area contributed by atoms with Crippen LogP contribution in [0.2, 0.25) is 0 Å². The van der Waals surface area contributed by atoms with Gasteiger partial charge in [-0.1, -0.05) is 11.6 Å². The van der Waals surface area contributed by atoms with E-state index >= 15 is 0 Å². The molecule has 1 heterocycles. The van der Waals surface area contributed by atoms with Crippen molar-refractivity contribution in [3.05, 3.63) is 40.9 Å². The van der Waals surface area contributed by atoms with Gasteiger partial charge in [0.1, 0.15) is 11.1 Å². The van der Waals surface area contributed by atoms with Crippen LogP contribution in [0.1, 0.15) is 15.9 Å². The molecule has 3 N–H and O–H groups in total. The minimum Gasteiger partial charge on any atom is -0.435 e. The Labute approximate surface area is 90.8 Å². The molecule has 0 aliphatic carbocycles. The number of carbonyl (C=O) groups is 1. The predicted molar refractivity (Wildman–Crippen MR) is 56.8 cm³/mol. The highest BCUT2D eigenvalue weighted by molar-refractivity contribution is 5.95. The highest BCUT2D eigenvalue weighted by atomic mass is 16.5. The maximum Gasteiger partial charge on any atom is 0.268 e. The standard InChI is InChI=1S/C11H10N2O3/c1-6-2-3-9-7(4-6)5-8(10(12)14)11(13-15)16-9/h2-5,15H,1H3,(H2,12,14). The molecule has 0 radical (unpaired) electrons. The van der Waals surface area contributed by atoms with E-state index in [0.717, 1.165) is 10.9 Å². The van der Waals surface area contributed by atoms with Crippen LogP contribution >= 0.6 is 0 Å². The van der Waals surface area contributed by atoms with Gasteiger partial charge in [0.25, 0.3) is 11.5 Å². The van der Waals surface area contributed by atoms with Gasteiger partial charge in [0.05, 0.1) is 0 Å². The molecule has 5 nitrogen and oxygen atoms in total. The molecular formula is C11H10N2O3. The molecule has 1 amide bonds. The smallest absolute Gasteiger partial charge is 0.268 e. The lowest BCUT2D eigenvalue weighted by Crippen LogP contribution is -2.21. The van der Waals surface area contributed by atoms with Crippen LogP contribution in [0.5, 0.6) is 0 Å². The first-order chi connectivity index (χ1) is 7.61. The minimum absolute atomic E-state index is 0.0561. The van der Waals surface area contributed by atoms with Crippen LogP contribution in [-0.2, 0) is 0 Å². The first-order valence-electron chi connectivity index (χ1n) is 4.64. The van der Waals surface area contributed by atoms with Crippen LogP contribution < -0.4 is 11.3 Å². The summed E-state index contributed by atoms with van der Waals surface area (Å²) in [5.41, 5.74) is 6.59. The van der Waals surface area contributed by atoms with Crippen molar-refractivity contribution in [1.29, 1.82) is 0 Å². The first kappa shape index (κ1) is 10.2. The molecule has 0 fully saturated rings. The number of hydrogen-bond donors (Lipinski definition) is 2. The molecule has 82 valence electrons. The fourth-order valence-corrected chi connectivity index (χ4v) is 1.50. The van der Waals surface area contributed by atoms with E-state index in [2.05, 4.69) is 5.16 Å². The summed E-state index contributed by atoms with van der Waals surface area (Å²) in [6.45, 7) is 1.92. The molecule has 1 aromatic carbocycles. The van der Waals surface area contributed by atoms with Gasteiger partial charge in [0.15, 0.2) is 0 Å². The summed E-state index contributed by atoms with van der Waals surface area (Å²) in [4.78, 5) is 11.1.